The van der Waals surface area contributed by atoms with Crippen LogP contribution in [0.5, 0.6) is 0 Å². The van der Waals surface area contributed by atoms with Crippen LogP contribution in [0.4, 0.5) is 0 Å². The molecule has 0 saturated carbocycles. The van der Waals surface area contributed by atoms with Crippen molar-refractivity contribution in [1.82, 2.24) is 9.47 Å². The van der Waals surface area contributed by atoms with E-state index in [1.807, 2.05) is 35.2 Å². The lowest BCUT2D eigenvalue weighted by atomic mass is 10.0. The van der Waals surface area contributed by atoms with Gasteiger partial charge in [-0.15, -0.1) is 0 Å². The van der Waals surface area contributed by atoms with E-state index in [-0.39, 0.29) is 5.91 Å². The summed E-state index contributed by atoms with van der Waals surface area (Å²) < 4.78 is 2.53. The summed E-state index contributed by atoms with van der Waals surface area (Å²) in [6, 6.07) is 16.4. The average Bonchev–Trinajstić information content (AvgIpc) is 3.00. The van der Waals surface area contributed by atoms with E-state index in [9.17, 15) is 4.79 Å². The van der Waals surface area contributed by atoms with Crippen LogP contribution in [-0.2, 0) is 19.5 Å². The van der Waals surface area contributed by atoms with E-state index in [2.05, 4.69) is 36.6 Å². The Hall–Kier alpha value is -2.55. The van der Waals surface area contributed by atoms with E-state index >= 15 is 0 Å². The normalized spacial score (nSPS) is 13.8. The second kappa shape index (κ2) is 7.59. The number of amides is 1. The van der Waals surface area contributed by atoms with Crippen LogP contribution in [0.25, 0.3) is 10.9 Å². The van der Waals surface area contributed by atoms with Gasteiger partial charge in [-0.05, 0) is 37.1 Å². The fourth-order valence-corrected chi connectivity index (χ4v) is 4.27. The van der Waals surface area contributed by atoms with Gasteiger partial charge in [0.05, 0.1) is 0 Å². The van der Waals surface area contributed by atoms with Crippen LogP contribution in [-0.4, -0.2) is 21.9 Å². The van der Waals surface area contributed by atoms with Crippen molar-refractivity contribution < 1.29 is 4.79 Å². The molecule has 0 saturated heterocycles. The van der Waals surface area contributed by atoms with Gasteiger partial charge in [0.25, 0.3) is 5.91 Å². The highest BCUT2D eigenvalue weighted by atomic mass is 16.2. The molecule has 1 aliphatic heterocycles. The van der Waals surface area contributed by atoms with Gasteiger partial charge in [-0.3, -0.25) is 4.79 Å². The molecule has 0 N–H and O–H groups in total. The quantitative estimate of drug-likeness (QED) is 0.564. The van der Waals surface area contributed by atoms with Crippen LogP contribution >= 0.6 is 0 Å². The number of hydrogen-bond donors (Lipinski definition) is 0. The fourth-order valence-electron chi connectivity index (χ4n) is 4.27. The van der Waals surface area contributed by atoms with Crippen molar-refractivity contribution >= 4 is 16.8 Å². The van der Waals surface area contributed by atoms with E-state index in [1.54, 1.807) is 0 Å². The molecule has 0 unspecified atom stereocenters. The standard InChI is InChI=1S/C24H28N2O/c1-3-4-8-14-26-22-13-15-25(24(27)19-9-6-5-7-10-19)17-21(22)20-12-11-18(2)16-23(20)26/h5-7,9-12,16H,3-4,8,13-15,17H2,1-2H3. The number of benzene rings is 2. The van der Waals surface area contributed by atoms with Crippen molar-refractivity contribution in [3.05, 3.63) is 70.9 Å². The number of carbonyl (C=O) groups is 1. The lowest BCUT2D eigenvalue weighted by molar-refractivity contribution is 0.0734. The molecular formula is C24H28N2O. The molecular weight excluding hydrogens is 332 g/mol. The molecule has 4 rings (SSSR count). The van der Waals surface area contributed by atoms with Gasteiger partial charge >= 0.3 is 0 Å². The first-order valence-corrected chi connectivity index (χ1v) is 10.1. The van der Waals surface area contributed by atoms with Gasteiger partial charge in [-0.2, -0.15) is 0 Å². The maximum absolute atomic E-state index is 12.9. The first-order valence-electron chi connectivity index (χ1n) is 10.1. The molecule has 2 heterocycles. The molecule has 3 aromatic rings. The third-order valence-corrected chi connectivity index (χ3v) is 5.70. The largest absolute Gasteiger partial charge is 0.344 e. The zero-order valence-electron chi connectivity index (χ0n) is 16.4. The summed E-state index contributed by atoms with van der Waals surface area (Å²) >= 11 is 0. The van der Waals surface area contributed by atoms with Gasteiger partial charge in [0.2, 0.25) is 0 Å². The van der Waals surface area contributed by atoms with Crippen molar-refractivity contribution in [2.24, 2.45) is 0 Å². The lowest BCUT2D eigenvalue weighted by Crippen LogP contribution is -2.36. The zero-order valence-corrected chi connectivity index (χ0v) is 16.4. The van der Waals surface area contributed by atoms with Crippen LogP contribution in [0.2, 0.25) is 0 Å². The topological polar surface area (TPSA) is 25.2 Å². The molecule has 0 atom stereocenters. The van der Waals surface area contributed by atoms with Crippen molar-refractivity contribution in [3.8, 4) is 0 Å². The Labute approximate surface area is 161 Å². The van der Waals surface area contributed by atoms with Gasteiger partial charge in [0.15, 0.2) is 0 Å². The summed E-state index contributed by atoms with van der Waals surface area (Å²) in [5, 5.41) is 1.32. The maximum atomic E-state index is 12.9. The van der Waals surface area contributed by atoms with Crippen LogP contribution in [0.1, 0.15) is 53.4 Å². The molecule has 140 valence electrons. The zero-order chi connectivity index (χ0) is 18.8. The summed E-state index contributed by atoms with van der Waals surface area (Å²) in [5.74, 6) is 0.139. The van der Waals surface area contributed by atoms with Gasteiger partial charge < -0.3 is 9.47 Å². The molecule has 1 amide bonds. The number of aryl methyl sites for hydroxylation is 2. The number of rotatable bonds is 5. The number of aromatic nitrogens is 1. The minimum atomic E-state index is 0.139. The van der Waals surface area contributed by atoms with Crippen molar-refractivity contribution in [2.75, 3.05) is 6.54 Å². The highest BCUT2D eigenvalue weighted by Crippen LogP contribution is 2.32. The molecule has 3 heteroatoms. The molecule has 0 radical (unpaired) electrons. The van der Waals surface area contributed by atoms with Crippen molar-refractivity contribution in [3.63, 3.8) is 0 Å². The molecule has 1 aromatic heterocycles. The highest BCUT2D eigenvalue weighted by Gasteiger charge is 2.27. The predicted octanol–water partition coefficient (Wildman–Crippen LogP) is 5.34. The second-order valence-electron chi connectivity index (χ2n) is 7.65. The SMILES string of the molecule is CCCCCn1c2c(c3ccc(C)cc31)CN(C(=O)c1ccccc1)CC2. The minimum absolute atomic E-state index is 0.139. The van der Waals surface area contributed by atoms with Crippen LogP contribution in [0, 0.1) is 6.92 Å². The van der Waals surface area contributed by atoms with E-state index in [1.165, 1.54) is 47.0 Å². The van der Waals surface area contributed by atoms with E-state index < -0.39 is 0 Å². The average molecular weight is 361 g/mol. The first-order chi connectivity index (χ1) is 13.2. The summed E-state index contributed by atoms with van der Waals surface area (Å²) in [5.41, 5.74) is 6.20. The highest BCUT2D eigenvalue weighted by molar-refractivity contribution is 5.95. The van der Waals surface area contributed by atoms with Crippen LogP contribution in [0.15, 0.2) is 48.5 Å². The van der Waals surface area contributed by atoms with E-state index in [0.29, 0.717) is 6.54 Å². The van der Waals surface area contributed by atoms with Crippen molar-refractivity contribution in [1.29, 1.82) is 0 Å². The Morgan fingerprint density at radius 2 is 1.89 bits per heavy atom. The molecule has 0 aliphatic carbocycles. The molecule has 0 bridgehead atoms. The Morgan fingerprint density at radius 3 is 2.67 bits per heavy atom. The predicted molar refractivity (Wildman–Crippen MR) is 111 cm³/mol. The maximum Gasteiger partial charge on any atom is 0.254 e. The fraction of sp³-hybridized carbons (Fsp3) is 0.375. The van der Waals surface area contributed by atoms with Gasteiger partial charge in [0.1, 0.15) is 0 Å². The number of unbranched alkanes of at least 4 members (excludes halogenated alkanes) is 2. The Balaban J connectivity index is 1.69. The first kappa shape index (κ1) is 17.8. The number of hydrogen-bond acceptors (Lipinski definition) is 1. The Bertz CT molecular complexity index is 955. The minimum Gasteiger partial charge on any atom is -0.344 e. The van der Waals surface area contributed by atoms with Gasteiger partial charge in [-0.25, -0.2) is 0 Å². The lowest BCUT2D eigenvalue weighted by Gasteiger charge is -2.28. The summed E-state index contributed by atoms with van der Waals surface area (Å²) in [6.45, 7) is 7.00. The third kappa shape index (κ3) is 3.39. The monoisotopic (exact) mass is 360 g/mol. The van der Waals surface area contributed by atoms with Crippen molar-refractivity contribution in [2.45, 2.75) is 52.6 Å². The number of nitrogens with zero attached hydrogens (tertiary/aromatic N) is 2. The van der Waals surface area contributed by atoms with Crippen LogP contribution in [0.3, 0.4) is 0 Å². The van der Waals surface area contributed by atoms with Gasteiger partial charge in [-0.1, -0.05) is 50.1 Å². The molecule has 27 heavy (non-hydrogen) atoms. The molecule has 0 fully saturated rings. The number of carbonyl (C=O) groups excluding carboxylic acids is 1. The second-order valence-corrected chi connectivity index (χ2v) is 7.65. The smallest absolute Gasteiger partial charge is 0.254 e. The molecule has 1 aliphatic rings. The third-order valence-electron chi connectivity index (χ3n) is 5.70. The Morgan fingerprint density at radius 1 is 1.07 bits per heavy atom. The van der Waals surface area contributed by atoms with Crippen LogP contribution < -0.4 is 0 Å². The van der Waals surface area contributed by atoms with Gasteiger partial charge in [0, 0.05) is 53.8 Å². The summed E-state index contributed by atoms with van der Waals surface area (Å²) in [4.78, 5) is 14.9. The Kier molecular flexibility index (Phi) is 5.02. The summed E-state index contributed by atoms with van der Waals surface area (Å²) in [6.07, 6.45) is 4.65. The molecule has 0 spiro atoms. The summed E-state index contributed by atoms with van der Waals surface area (Å²) in [7, 11) is 0. The van der Waals surface area contributed by atoms with E-state index in [0.717, 1.165) is 25.1 Å². The number of fused-ring (bicyclic) bond motifs is 3. The molecule has 3 nitrogen and oxygen atoms in total. The van der Waals surface area contributed by atoms with E-state index in [4.69, 9.17) is 0 Å². The molecule has 2 aromatic carbocycles.